The minimum atomic E-state index is -0.502. The van der Waals surface area contributed by atoms with Crippen LogP contribution < -0.4 is 0 Å². The molecule has 0 aliphatic heterocycles. The van der Waals surface area contributed by atoms with Crippen LogP contribution in [0.1, 0.15) is 22.3 Å². The smallest absolute Gasteiger partial charge is 0.136 e. The highest BCUT2D eigenvalue weighted by molar-refractivity contribution is 6.16. The third-order valence-corrected chi connectivity index (χ3v) is 12.8. The summed E-state index contributed by atoms with van der Waals surface area (Å²) in [4.78, 5) is 0. The molecule has 56 heavy (non-hydrogen) atoms. The van der Waals surface area contributed by atoms with Gasteiger partial charge < -0.3 is 4.42 Å². The minimum absolute atomic E-state index is 0.502. The molecule has 0 atom stereocenters. The van der Waals surface area contributed by atoms with Gasteiger partial charge in [0, 0.05) is 10.8 Å². The van der Waals surface area contributed by atoms with Gasteiger partial charge >= 0.3 is 0 Å². The Morgan fingerprint density at radius 2 is 0.893 bits per heavy atom. The summed E-state index contributed by atoms with van der Waals surface area (Å²) in [6.45, 7) is 0. The van der Waals surface area contributed by atoms with Crippen LogP contribution in [0.5, 0.6) is 0 Å². The topological polar surface area (TPSA) is 13.1 Å². The summed E-state index contributed by atoms with van der Waals surface area (Å²) in [5.41, 5.74) is 16.8. The van der Waals surface area contributed by atoms with Crippen molar-refractivity contribution < 1.29 is 4.42 Å². The van der Waals surface area contributed by atoms with Crippen molar-refractivity contribution in [3.8, 4) is 44.5 Å². The zero-order valence-electron chi connectivity index (χ0n) is 30.4. The molecule has 0 fully saturated rings. The van der Waals surface area contributed by atoms with Crippen molar-refractivity contribution in [2.45, 2.75) is 5.41 Å². The second kappa shape index (κ2) is 10.9. The van der Waals surface area contributed by atoms with Crippen LogP contribution >= 0.6 is 0 Å². The second-order valence-corrected chi connectivity index (χ2v) is 15.5. The first-order valence-corrected chi connectivity index (χ1v) is 19.5. The highest BCUT2D eigenvalue weighted by atomic mass is 16.3. The van der Waals surface area contributed by atoms with E-state index in [1.165, 1.54) is 99.1 Å². The molecule has 0 bridgehead atoms. The molecule has 1 heteroatoms. The minimum Gasteiger partial charge on any atom is -0.456 e. The van der Waals surface area contributed by atoms with Gasteiger partial charge in [-0.3, -0.25) is 0 Å². The van der Waals surface area contributed by atoms with E-state index >= 15 is 0 Å². The molecule has 1 nitrogen and oxygen atoms in total. The van der Waals surface area contributed by atoms with E-state index in [1.807, 2.05) is 0 Å². The van der Waals surface area contributed by atoms with E-state index in [-0.39, 0.29) is 0 Å². The van der Waals surface area contributed by atoms with Crippen LogP contribution in [0.2, 0.25) is 0 Å². The molecule has 0 radical (unpaired) electrons. The zero-order chi connectivity index (χ0) is 36.5. The highest BCUT2D eigenvalue weighted by Gasteiger charge is 2.52. The monoisotopic (exact) mass is 708 g/mol. The third-order valence-electron chi connectivity index (χ3n) is 12.8. The van der Waals surface area contributed by atoms with Gasteiger partial charge in [0.2, 0.25) is 0 Å². The van der Waals surface area contributed by atoms with Crippen molar-refractivity contribution in [3.05, 3.63) is 216 Å². The maximum absolute atomic E-state index is 6.57. The summed E-state index contributed by atoms with van der Waals surface area (Å²) in [5.74, 6) is 0. The Kier molecular flexibility index (Phi) is 5.89. The summed E-state index contributed by atoms with van der Waals surface area (Å²) < 4.78 is 6.57. The lowest BCUT2D eigenvalue weighted by molar-refractivity contribution is 0.669. The lowest BCUT2D eigenvalue weighted by atomic mass is 9.69. The van der Waals surface area contributed by atoms with Crippen molar-refractivity contribution in [3.63, 3.8) is 0 Å². The van der Waals surface area contributed by atoms with Crippen LogP contribution in [0.4, 0.5) is 0 Å². The van der Waals surface area contributed by atoms with Gasteiger partial charge in [-0.25, -0.2) is 0 Å². The molecule has 10 aromatic carbocycles. The van der Waals surface area contributed by atoms with Gasteiger partial charge in [-0.2, -0.15) is 0 Å². The molecule has 0 saturated carbocycles. The SMILES string of the molecule is c1ccc2c(c1)-c1ccccc1C21c2cc(-c3cccc4oc5cc6ccccc6cc5c34)ccc2-c2ccc3c(-c4ccc5ccccc5c4)cccc3c21. The van der Waals surface area contributed by atoms with Crippen molar-refractivity contribution >= 4 is 54.3 Å². The van der Waals surface area contributed by atoms with Gasteiger partial charge in [-0.15, -0.1) is 0 Å². The molecule has 1 spiro atoms. The summed E-state index contributed by atoms with van der Waals surface area (Å²) in [7, 11) is 0. The Bertz CT molecular complexity index is 3440. The standard InChI is InChI=1S/C55H32O/c1-2-12-34-29-37(24-23-33(34)11-1)39-17-9-19-45-41(39)27-28-46-44-26-25-38(40-18-10-22-51-53(40)47-30-35-13-3-4-14-36(35)32-52(47)56-51)31-50(44)55(54(45)46)48-20-7-5-15-42(48)43-16-6-8-21-49(43)55/h1-32H. The number of benzene rings is 10. The van der Waals surface area contributed by atoms with Gasteiger partial charge in [0.05, 0.1) is 5.41 Å². The molecular formula is C55H32O. The van der Waals surface area contributed by atoms with Gasteiger partial charge in [0.1, 0.15) is 11.2 Å². The molecule has 0 unspecified atom stereocenters. The molecule has 258 valence electrons. The molecule has 0 amide bonds. The Hall–Kier alpha value is -7.22. The molecule has 13 rings (SSSR count). The quantitative estimate of drug-likeness (QED) is 0.174. The van der Waals surface area contributed by atoms with E-state index in [2.05, 4.69) is 194 Å². The van der Waals surface area contributed by atoms with Gasteiger partial charge in [-0.05, 0) is 129 Å². The molecule has 11 aromatic rings. The summed E-state index contributed by atoms with van der Waals surface area (Å²) in [5, 5.41) is 9.81. The van der Waals surface area contributed by atoms with Crippen molar-refractivity contribution in [1.82, 2.24) is 0 Å². The highest BCUT2D eigenvalue weighted by Crippen LogP contribution is 2.64. The molecule has 1 heterocycles. The number of hydrogen-bond acceptors (Lipinski definition) is 1. The van der Waals surface area contributed by atoms with Crippen molar-refractivity contribution in [2.75, 3.05) is 0 Å². The van der Waals surface area contributed by atoms with Crippen LogP contribution in [0.3, 0.4) is 0 Å². The normalized spacial score (nSPS) is 13.5. The van der Waals surface area contributed by atoms with Gasteiger partial charge in [0.25, 0.3) is 0 Å². The number of fused-ring (bicyclic) bond motifs is 17. The fourth-order valence-corrected chi connectivity index (χ4v) is 10.5. The predicted octanol–water partition coefficient (Wildman–Crippen LogP) is 14.7. The van der Waals surface area contributed by atoms with Crippen LogP contribution in [0.15, 0.2) is 199 Å². The predicted molar refractivity (Wildman–Crippen MR) is 233 cm³/mol. The Morgan fingerprint density at radius 1 is 0.304 bits per heavy atom. The Balaban J connectivity index is 1.12. The molecular weight excluding hydrogens is 677 g/mol. The lowest BCUT2D eigenvalue weighted by Crippen LogP contribution is -2.26. The molecule has 0 saturated heterocycles. The van der Waals surface area contributed by atoms with Crippen LogP contribution in [-0.2, 0) is 5.41 Å². The first kappa shape index (κ1) is 30.1. The van der Waals surface area contributed by atoms with E-state index in [1.54, 1.807) is 0 Å². The largest absolute Gasteiger partial charge is 0.456 e. The molecule has 1 aromatic heterocycles. The fraction of sp³-hybridized carbons (Fsp3) is 0.0182. The van der Waals surface area contributed by atoms with Gasteiger partial charge in [-0.1, -0.05) is 164 Å². The van der Waals surface area contributed by atoms with Gasteiger partial charge in [0.15, 0.2) is 0 Å². The van der Waals surface area contributed by atoms with Crippen molar-refractivity contribution in [2.24, 2.45) is 0 Å². The summed E-state index contributed by atoms with van der Waals surface area (Å²) >= 11 is 0. The Labute approximate surface area is 323 Å². The van der Waals surface area contributed by atoms with E-state index in [0.29, 0.717) is 0 Å². The van der Waals surface area contributed by atoms with E-state index in [0.717, 1.165) is 21.9 Å². The fourth-order valence-electron chi connectivity index (χ4n) is 10.5. The van der Waals surface area contributed by atoms with Crippen molar-refractivity contribution in [1.29, 1.82) is 0 Å². The number of hydrogen-bond donors (Lipinski definition) is 0. The van der Waals surface area contributed by atoms with Crippen LogP contribution in [-0.4, -0.2) is 0 Å². The molecule has 0 N–H and O–H groups in total. The van der Waals surface area contributed by atoms with E-state index < -0.39 is 5.41 Å². The van der Waals surface area contributed by atoms with Crippen LogP contribution in [0.25, 0.3) is 98.8 Å². The molecule has 2 aliphatic rings. The summed E-state index contributed by atoms with van der Waals surface area (Å²) in [6, 6.07) is 72.2. The number of furan rings is 1. The first-order chi connectivity index (χ1) is 27.8. The lowest BCUT2D eigenvalue weighted by Gasteiger charge is -2.32. The molecule has 2 aliphatic carbocycles. The van der Waals surface area contributed by atoms with E-state index in [9.17, 15) is 0 Å². The third kappa shape index (κ3) is 3.84. The zero-order valence-corrected chi connectivity index (χ0v) is 30.4. The average Bonchev–Trinajstić information content (AvgIpc) is 3.88. The second-order valence-electron chi connectivity index (χ2n) is 15.5. The summed E-state index contributed by atoms with van der Waals surface area (Å²) in [6.07, 6.45) is 0. The van der Waals surface area contributed by atoms with Crippen LogP contribution in [0, 0.1) is 0 Å². The Morgan fingerprint density at radius 3 is 1.70 bits per heavy atom. The average molecular weight is 709 g/mol. The van der Waals surface area contributed by atoms with E-state index in [4.69, 9.17) is 4.42 Å². The first-order valence-electron chi connectivity index (χ1n) is 19.5. The maximum Gasteiger partial charge on any atom is 0.136 e. The number of rotatable bonds is 2. The maximum atomic E-state index is 6.57.